The van der Waals surface area contributed by atoms with Crippen LogP contribution in [0.2, 0.25) is 0 Å². The van der Waals surface area contributed by atoms with Gasteiger partial charge in [-0.1, -0.05) is 6.07 Å². The molecule has 0 saturated heterocycles. The van der Waals surface area contributed by atoms with Gasteiger partial charge in [-0.25, -0.2) is 4.98 Å². The molecule has 0 saturated carbocycles. The maximum Gasteiger partial charge on any atom is 0.237 e. The van der Waals surface area contributed by atoms with E-state index in [0.29, 0.717) is 6.54 Å². The fourth-order valence-electron chi connectivity index (χ4n) is 2.12. The predicted octanol–water partition coefficient (Wildman–Crippen LogP) is 0.493. The zero-order valence-corrected chi connectivity index (χ0v) is 11.2. The standard InChI is InChI=1S/C13H19N5O/c1-9(2)18(8-11(15)19)13-10(7-14)17-6-4-3-5-12(17)16-13/h3-6,9H,7-8,14H2,1-2H3,(H2,15,19). The Kier molecular flexibility index (Phi) is 3.71. The van der Waals surface area contributed by atoms with Crippen LogP contribution >= 0.6 is 0 Å². The number of nitrogens with zero attached hydrogens (tertiary/aromatic N) is 3. The van der Waals surface area contributed by atoms with Gasteiger partial charge in [0.05, 0.1) is 12.2 Å². The second-order valence-electron chi connectivity index (χ2n) is 4.70. The summed E-state index contributed by atoms with van der Waals surface area (Å²) in [6, 6.07) is 5.86. The van der Waals surface area contributed by atoms with Crippen molar-refractivity contribution in [3.63, 3.8) is 0 Å². The van der Waals surface area contributed by atoms with Gasteiger partial charge in [-0.2, -0.15) is 0 Å². The highest BCUT2D eigenvalue weighted by Crippen LogP contribution is 2.23. The lowest BCUT2D eigenvalue weighted by atomic mass is 10.3. The van der Waals surface area contributed by atoms with Crippen molar-refractivity contribution in [2.24, 2.45) is 11.5 Å². The van der Waals surface area contributed by atoms with E-state index >= 15 is 0 Å². The Hall–Kier alpha value is -2.08. The molecule has 0 unspecified atom stereocenters. The molecule has 0 radical (unpaired) electrons. The SMILES string of the molecule is CC(C)N(CC(N)=O)c1nc2ccccn2c1CN. The monoisotopic (exact) mass is 261 g/mol. The molecule has 2 rings (SSSR count). The average Bonchev–Trinajstić information content (AvgIpc) is 2.73. The number of anilines is 1. The highest BCUT2D eigenvalue weighted by molar-refractivity contribution is 5.79. The Morgan fingerprint density at radius 1 is 1.47 bits per heavy atom. The Morgan fingerprint density at radius 2 is 2.21 bits per heavy atom. The average molecular weight is 261 g/mol. The first-order valence-electron chi connectivity index (χ1n) is 6.25. The normalized spacial score (nSPS) is 11.2. The fraction of sp³-hybridized carbons (Fsp3) is 0.385. The first-order chi connectivity index (χ1) is 9.04. The summed E-state index contributed by atoms with van der Waals surface area (Å²) >= 11 is 0. The summed E-state index contributed by atoms with van der Waals surface area (Å²) in [6.07, 6.45) is 1.91. The Labute approximate surface area is 112 Å². The van der Waals surface area contributed by atoms with Crippen LogP contribution in [0.1, 0.15) is 19.5 Å². The van der Waals surface area contributed by atoms with Crippen LogP contribution in [0.15, 0.2) is 24.4 Å². The van der Waals surface area contributed by atoms with Crippen molar-refractivity contribution in [3.8, 4) is 0 Å². The number of aromatic nitrogens is 2. The first-order valence-corrected chi connectivity index (χ1v) is 6.25. The molecule has 2 heterocycles. The zero-order valence-electron chi connectivity index (χ0n) is 11.2. The van der Waals surface area contributed by atoms with Crippen LogP contribution < -0.4 is 16.4 Å². The van der Waals surface area contributed by atoms with Crippen LogP contribution in [-0.2, 0) is 11.3 Å². The summed E-state index contributed by atoms with van der Waals surface area (Å²) in [5.74, 6) is 0.344. The lowest BCUT2D eigenvalue weighted by Crippen LogP contribution is -2.39. The summed E-state index contributed by atoms with van der Waals surface area (Å²) in [4.78, 5) is 17.6. The number of imidazole rings is 1. The van der Waals surface area contributed by atoms with Gasteiger partial charge in [-0.3, -0.25) is 4.79 Å². The van der Waals surface area contributed by atoms with E-state index in [1.165, 1.54) is 0 Å². The predicted molar refractivity (Wildman–Crippen MR) is 74.8 cm³/mol. The van der Waals surface area contributed by atoms with Gasteiger partial charge in [0.2, 0.25) is 5.91 Å². The van der Waals surface area contributed by atoms with Crippen LogP contribution in [0.3, 0.4) is 0 Å². The number of pyridine rings is 1. The molecule has 0 spiro atoms. The van der Waals surface area contributed by atoms with E-state index in [1.807, 2.05) is 47.5 Å². The fourth-order valence-corrected chi connectivity index (χ4v) is 2.12. The third kappa shape index (κ3) is 2.53. The molecule has 4 N–H and O–H groups in total. The molecule has 6 heteroatoms. The minimum atomic E-state index is -0.381. The van der Waals surface area contributed by atoms with Gasteiger partial charge in [-0.05, 0) is 26.0 Å². The van der Waals surface area contributed by atoms with Crippen molar-refractivity contribution < 1.29 is 4.79 Å². The number of rotatable bonds is 5. The number of hydrogen-bond acceptors (Lipinski definition) is 4. The molecule has 0 atom stereocenters. The number of carbonyl (C=O) groups excluding carboxylic acids is 1. The van der Waals surface area contributed by atoms with Crippen LogP contribution in [0.25, 0.3) is 5.65 Å². The summed E-state index contributed by atoms with van der Waals surface area (Å²) in [7, 11) is 0. The van der Waals surface area contributed by atoms with Crippen LogP contribution in [0.5, 0.6) is 0 Å². The highest BCUT2D eigenvalue weighted by Gasteiger charge is 2.20. The van der Waals surface area contributed by atoms with E-state index in [0.717, 1.165) is 17.2 Å². The third-order valence-corrected chi connectivity index (χ3v) is 3.02. The summed E-state index contributed by atoms with van der Waals surface area (Å²) in [5.41, 5.74) is 12.8. The first kappa shape index (κ1) is 13.4. The molecule has 0 fully saturated rings. The zero-order chi connectivity index (χ0) is 14.0. The molecule has 1 amide bonds. The lowest BCUT2D eigenvalue weighted by molar-refractivity contribution is -0.116. The second kappa shape index (κ2) is 5.27. The van der Waals surface area contributed by atoms with Gasteiger partial charge in [-0.15, -0.1) is 0 Å². The maximum atomic E-state index is 11.2. The number of hydrogen-bond donors (Lipinski definition) is 2. The van der Waals surface area contributed by atoms with Crippen molar-refractivity contribution >= 4 is 17.4 Å². The Balaban J connectivity index is 2.55. The van der Waals surface area contributed by atoms with Crippen molar-refractivity contribution in [2.75, 3.05) is 11.4 Å². The second-order valence-corrected chi connectivity index (χ2v) is 4.70. The molecule has 2 aromatic heterocycles. The van der Waals surface area contributed by atoms with Crippen molar-refractivity contribution in [3.05, 3.63) is 30.1 Å². The number of primary amides is 1. The van der Waals surface area contributed by atoms with E-state index in [4.69, 9.17) is 11.5 Å². The third-order valence-electron chi connectivity index (χ3n) is 3.02. The van der Waals surface area contributed by atoms with Gasteiger partial charge in [0.25, 0.3) is 0 Å². The van der Waals surface area contributed by atoms with E-state index < -0.39 is 0 Å². The summed E-state index contributed by atoms with van der Waals surface area (Å²) in [6.45, 7) is 4.47. The summed E-state index contributed by atoms with van der Waals surface area (Å²) in [5, 5.41) is 0. The minimum absolute atomic E-state index is 0.114. The number of carbonyl (C=O) groups is 1. The van der Waals surface area contributed by atoms with Gasteiger partial charge < -0.3 is 20.8 Å². The molecule has 2 aromatic rings. The van der Waals surface area contributed by atoms with Crippen LogP contribution in [0.4, 0.5) is 5.82 Å². The largest absolute Gasteiger partial charge is 0.368 e. The molecule has 0 aliphatic rings. The maximum absolute atomic E-state index is 11.2. The molecule has 102 valence electrons. The van der Waals surface area contributed by atoms with E-state index in [9.17, 15) is 4.79 Å². The van der Waals surface area contributed by atoms with Crippen molar-refractivity contribution in [1.29, 1.82) is 0 Å². The summed E-state index contributed by atoms with van der Waals surface area (Å²) < 4.78 is 1.94. The van der Waals surface area contributed by atoms with Crippen molar-refractivity contribution in [2.45, 2.75) is 26.4 Å². The molecular weight excluding hydrogens is 242 g/mol. The molecule has 0 bridgehead atoms. The van der Waals surface area contributed by atoms with E-state index in [1.54, 1.807) is 0 Å². The number of amides is 1. The molecule has 0 aliphatic carbocycles. The van der Waals surface area contributed by atoms with E-state index in [2.05, 4.69) is 4.98 Å². The van der Waals surface area contributed by atoms with Crippen molar-refractivity contribution in [1.82, 2.24) is 9.38 Å². The topological polar surface area (TPSA) is 89.6 Å². The Morgan fingerprint density at radius 3 is 2.79 bits per heavy atom. The number of fused-ring (bicyclic) bond motifs is 1. The molecular formula is C13H19N5O. The lowest BCUT2D eigenvalue weighted by Gasteiger charge is -2.26. The Bertz CT molecular complexity index is 590. The number of nitrogens with two attached hydrogens (primary N) is 2. The quantitative estimate of drug-likeness (QED) is 0.819. The van der Waals surface area contributed by atoms with Gasteiger partial charge in [0, 0.05) is 18.8 Å². The molecule has 0 aromatic carbocycles. The van der Waals surface area contributed by atoms with Gasteiger partial charge in [0.1, 0.15) is 5.65 Å². The molecule has 19 heavy (non-hydrogen) atoms. The van der Waals surface area contributed by atoms with E-state index in [-0.39, 0.29) is 18.5 Å². The van der Waals surface area contributed by atoms with Gasteiger partial charge >= 0.3 is 0 Å². The smallest absolute Gasteiger partial charge is 0.237 e. The van der Waals surface area contributed by atoms with Crippen LogP contribution in [0, 0.1) is 0 Å². The molecule has 0 aliphatic heterocycles. The molecule has 6 nitrogen and oxygen atoms in total. The van der Waals surface area contributed by atoms with Gasteiger partial charge in [0.15, 0.2) is 5.82 Å². The minimum Gasteiger partial charge on any atom is -0.368 e. The highest BCUT2D eigenvalue weighted by atomic mass is 16.1. The van der Waals surface area contributed by atoms with Crippen LogP contribution in [-0.4, -0.2) is 27.9 Å².